The van der Waals surface area contributed by atoms with Crippen molar-refractivity contribution in [1.82, 2.24) is 0 Å². The molecule has 0 saturated carbocycles. The Morgan fingerprint density at radius 1 is 1.26 bits per heavy atom. The largest absolute Gasteiger partial charge is 0.497 e. The number of anilines is 1. The number of rotatable bonds is 6. The lowest BCUT2D eigenvalue weighted by molar-refractivity contribution is -0.118. The molecule has 0 aromatic heterocycles. The lowest BCUT2D eigenvalue weighted by atomic mass is 9.99. The van der Waals surface area contributed by atoms with Gasteiger partial charge >= 0.3 is 0 Å². The zero-order chi connectivity index (χ0) is 14.4. The van der Waals surface area contributed by atoms with Crippen LogP contribution in [0.15, 0.2) is 18.2 Å². The third-order valence-corrected chi connectivity index (χ3v) is 3.18. The molecule has 106 valence electrons. The van der Waals surface area contributed by atoms with E-state index in [0.717, 1.165) is 6.42 Å². The van der Waals surface area contributed by atoms with E-state index in [1.54, 1.807) is 32.4 Å². The zero-order valence-corrected chi connectivity index (χ0v) is 11.9. The fourth-order valence-electron chi connectivity index (χ4n) is 1.62. The van der Waals surface area contributed by atoms with Gasteiger partial charge in [0.05, 0.1) is 20.3 Å². The highest BCUT2D eigenvalue weighted by Gasteiger charge is 2.19. The molecule has 0 unspecified atom stereocenters. The summed E-state index contributed by atoms with van der Waals surface area (Å²) < 4.78 is 10.3. The third-order valence-electron chi connectivity index (χ3n) is 3.18. The lowest BCUT2D eigenvalue weighted by Gasteiger charge is -2.18. The van der Waals surface area contributed by atoms with Crippen LogP contribution in [0.3, 0.4) is 0 Å². The van der Waals surface area contributed by atoms with Crippen molar-refractivity contribution in [1.29, 1.82) is 0 Å². The monoisotopic (exact) mass is 266 g/mol. The number of amides is 1. The summed E-state index contributed by atoms with van der Waals surface area (Å²) in [6.07, 6.45) is 0.857. The van der Waals surface area contributed by atoms with Gasteiger partial charge in [-0.1, -0.05) is 20.3 Å². The number of nitrogens with two attached hydrogens (primary N) is 1. The van der Waals surface area contributed by atoms with Crippen molar-refractivity contribution in [2.45, 2.75) is 26.3 Å². The van der Waals surface area contributed by atoms with Crippen LogP contribution >= 0.6 is 0 Å². The lowest BCUT2D eigenvalue weighted by Crippen LogP contribution is -2.40. The summed E-state index contributed by atoms with van der Waals surface area (Å²) in [6.45, 7) is 3.96. The van der Waals surface area contributed by atoms with Gasteiger partial charge in [-0.3, -0.25) is 4.79 Å². The van der Waals surface area contributed by atoms with Crippen molar-refractivity contribution in [2.24, 2.45) is 11.7 Å². The van der Waals surface area contributed by atoms with E-state index < -0.39 is 6.04 Å². The summed E-state index contributed by atoms with van der Waals surface area (Å²) in [5.41, 5.74) is 6.50. The summed E-state index contributed by atoms with van der Waals surface area (Å²) >= 11 is 0. The van der Waals surface area contributed by atoms with Crippen LogP contribution in [0.5, 0.6) is 11.5 Å². The number of hydrogen-bond acceptors (Lipinski definition) is 4. The van der Waals surface area contributed by atoms with Gasteiger partial charge in [0, 0.05) is 23.9 Å². The maximum atomic E-state index is 12.0. The number of methoxy groups -OCH3 is 2. The fourth-order valence-corrected chi connectivity index (χ4v) is 1.62. The van der Waals surface area contributed by atoms with E-state index in [0.29, 0.717) is 17.2 Å². The zero-order valence-electron chi connectivity index (χ0n) is 11.9. The minimum atomic E-state index is -0.526. The van der Waals surface area contributed by atoms with Crippen LogP contribution in [0.1, 0.15) is 20.3 Å². The Kier molecular flexibility index (Phi) is 5.63. The van der Waals surface area contributed by atoms with Gasteiger partial charge in [-0.05, 0) is 5.92 Å². The van der Waals surface area contributed by atoms with Crippen molar-refractivity contribution in [2.75, 3.05) is 19.5 Å². The van der Waals surface area contributed by atoms with Crippen LogP contribution in [-0.4, -0.2) is 26.2 Å². The van der Waals surface area contributed by atoms with Crippen molar-refractivity contribution in [3.05, 3.63) is 18.2 Å². The van der Waals surface area contributed by atoms with Gasteiger partial charge in [-0.2, -0.15) is 0 Å². The highest BCUT2D eigenvalue weighted by atomic mass is 16.5. The Morgan fingerprint density at radius 3 is 2.21 bits per heavy atom. The van der Waals surface area contributed by atoms with Crippen LogP contribution in [0, 0.1) is 5.92 Å². The smallest absolute Gasteiger partial charge is 0.241 e. The molecule has 0 bridgehead atoms. The highest BCUT2D eigenvalue weighted by molar-refractivity contribution is 5.95. The topological polar surface area (TPSA) is 73.6 Å². The first kappa shape index (κ1) is 15.3. The highest BCUT2D eigenvalue weighted by Crippen LogP contribution is 2.26. The second kappa shape index (κ2) is 6.99. The molecule has 1 amide bonds. The summed E-state index contributed by atoms with van der Waals surface area (Å²) in [7, 11) is 3.12. The van der Waals surface area contributed by atoms with E-state index in [1.165, 1.54) is 0 Å². The van der Waals surface area contributed by atoms with E-state index in [2.05, 4.69) is 5.32 Å². The first-order chi connectivity index (χ1) is 9.01. The number of hydrogen-bond donors (Lipinski definition) is 2. The van der Waals surface area contributed by atoms with E-state index >= 15 is 0 Å². The Balaban J connectivity index is 2.84. The van der Waals surface area contributed by atoms with Gasteiger partial charge in [-0.25, -0.2) is 0 Å². The third kappa shape index (κ3) is 4.13. The first-order valence-corrected chi connectivity index (χ1v) is 6.31. The molecule has 0 aliphatic carbocycles. The minimum Gasteiger partial charge on any atom is -0.497 e. The van der Waals surface area contributed by atoms with E-state index in [4.69, 9.17) is 15.2 Å². The number of carbonyl (C=O) groups excluding carboxylic acids is 1. The van der Waals surface area contributed by atoms with E-state index in [9.17, 15) is 4.79 Å². The number of ether oxygens (including phenoxy) is 2. The van der Waals surface area contributed by atoms with Crippen LogP contribution in [0.25, 0.3) is 0 Å². The summed E-state index contributed by atoms with van der Waals surface area (Å²) in [4.78, 5) is 12.0. The summed E-state index contributed by atoms with van der Waals surface area (Å²) in [5, 5.41) is 2.78. The molecule has 0 saturated heterocycles. The molecular formula is C14H22N2O3. The van der Waals surface area contributed by atoms with Gasteiger partial charge < -0.3 is 20.5 Å². The van der Waals surface area contributed by atoms with Gasteiger partial charge in [0.15, 0.2) is 0 Å². The molecule has 0 aliphatic heterocycles. The molecule has 1 aromatic rings. The molecule has 0 fully saturated rings. The molecule has 0 heterocycles. The van der Waals surface area contributed by atoms with Gasteiger partial charge in [0.25, 0.3) is 0 Å². The molecule has 19 heavy (non-hydrogen) atoms. The summed E-state index contributed by atoms with van der Waals surface area (Å²) in [6, 6.07) is 4.67. The van der Waals surface area contributed by atoms with Crippen LogP contribution in [-0.2, 0) is 4.79 Å². The predicted octanol–water partition coefficient (Wildman–Crippen LogP) is 2.02. The Labute approximate surface area is 114 Å². The standard InChI is InChI=1S/C14H22N2O3/c1-5-9(2)13(15)14(17)16-10-6-11(18-3)8-12(7-10)19-4/h6-9,13H,5,15H2,1-4H3,(H,16,17)/t9-,13-/m0/s1. The Hall–Kier alpha value is -1.75. The maximum absolute atomic E-state index is 12.0. The van der Waals surface area contributed by atoms with Gasteiger partial charge in [0.1, 0.15) is 11.5 Å². The van der Waals surface area contributed by atoms with Gasteiger partial charge in [0.2, 0.25) is 5.91 Å². The average molecular weight is 266 g/mol. The van der Waals surface area contributed by atoms with Crippen LogP contribution < -0.4 is 20.5 Å². The molecule has 5 heteroatoms. The summed E-state index contributed by atoms with van der Waals surface area (Å²) in [5.74, 6) is 1.16. The SMILES string of the molecule is CC[C@H](C)[C@H](N)C(=O)Nc1cc(OC)cc(OC)c1. The average Bonchev–Trinajstić information content (AvgIpc) is 2.44. The second-order valence-electron chi connectivity index (χ2n) is 4.50. The Morgan fingerprint density at radius 2 is 1.79 bits per heavy atom. The normalized spacial score (nSPS) is 13.5. The predicted molar refractivity (Wildman–Crippen MR) is 75.6 cm³/mol. The quantitative estimate of drug-likeness (QED) is 0.826. The Bertz CT molecular complexity index is 412. The molecule has 2 atom stereocenters. The molecule has 0 spiro atoms. The van der Waals surface area contributed by atoms with Gasteiger partial charge in [-0.15, -0.1) is 0 Å². The van der Waals surface area contributed by atoms with Crippen molar-refractivity contribution < 1.29 is 14.3 Å². The molecule has 0 radical (unpaired) electrons. The molecule has 0 aliphatic rings. The maximum Gasteiger partial charge on any atom is 0.241 e. The van der Waals surface area contributed by atoms with Crippen LogP contribution in [0.4, 0.5) is 5.69 Å². The van der Waals surface area contributed by atoms with E-state index in [1.807, 2.05) is 13.8 Å². The first-order valence-electron chi connectivity index (χ1n) is 6.31. The second-order valence-corrected chi connectivity index (χ2v) is 4.50. The number of carbonyl (C=O) groups is 1. The number of nitrogens with one attached hydrogen (secondary N) is 1. The fraction of sp³-hybridized carbons (Fsp3) is 0.500. The van der Waals surface area contributed by atoms with Crippen molar-refractivity contribution >= 4 is 11.6 Å². The van der Waals surface area contributed by atoms with Crippen molar-refractivity contribution in [3.8, 4) is 11.5 Å². The molecule has 1 aromatic carbocycles. The molecule has 1 rings (SSSR count). The van der Waals surface area contributed by atoms with Crippen LogP contribution in [0.2, 0.25) is 0 Å². The molecule has 5 nitrogen and oxygen atoms in total. The van der Waals surface area contributed by atoms with Crippen molar-refractivity contribution in [3.63, 3.8) is 0 Å². The van der Waals surface area contributed by atoms with E-state index in [-0.39, 0.29) is 11.8 Å². The molecular weight excluding hydrogens is 244 g/mol. The number of benzene rings is 1. The molecule has 3 N–H and O–H groups in total. The minimum absolute atomic E-state index is 0.132.